The van der Waals surface area contributed by atoms with Crippen molar-refractivity contribution in [2.45, 2.75) is 19.0 Å². The van der Waals surface area contributed by atoms with E-state index in [1.807, 2.05) is 6.26 Å². The Hall–Kier alpha value is -1.79. The van der Waals surface area contributed by atoms with Gasteiger partial charge in [-0.1, -0.05) is 12.1 Å². The van der Waals surface area contributed by atoms with E-state index in [1.54, 1.807) is 42.1 Å². The second-order valence-electron chi connectivity index (χ2n) is 4.80. The summed E-state index contributed by atoms with van der Waals surface area (Å²) in [6.07, 6.45) is 2.48. The van der Waals surface area contributed by atoms with Crippen molar-refractivity contribution in [1.29, 1.82) is 0 Å². The molecule has 0 spiro atoms. The van der Waals surface area contributed by atoms with E-state index in [-0.39, 0.29) is 5.82 Å². The summed E-state index contributed by atoms with van der Waals surface area (Å²) in [6, 6.07) is 9.17. The molecule has 0 aliphatic heterocycles. The van der Waals surface area contributed by atoms with Gasteiger partial charge in [-0.05, 0) is 42.7 Å². The number of hydrogen-bond acceptors (Lipinski definition) is 4. The van der Waals surface area contributed by atoms with Crippen LogP contribution in [0.2, 0.25) is 0 Å². The predicted octanol–water partition coefficient (Wildman–Crippen LogP) is 3.38. The third-order valence-electron chi connectivity index (χ3n) is 3.23. The van der Waals surface area contributed by atoms with E-state index < -0.39 is 12.0 Å². The largest absolute Gasteiger partial charge is 0.480 e. The van der Waals surface area contributed by atoms with Crippen molar-refractivity contribution in [2.24, 2.45) is 0 Å². The average Bonchev–Trinajstić information content (AvgIpc) is 2.96. The highest BCUT2D eigenvalue weighted by atomic mass is 32.2. The van der Waals surface area contributed by atoms with E-state index in [0.717, 1.165) is 5.75 Å². The molecule has 0 aliphatic rings. The smallest absolute Gasteiger partial charge is 0.320 e. The Morgan fingerprint density at radius 3 is 2.82 bits per heavy atom. The lowest BCUT2D eigenvalue weighted by atomic mass is 10.1. The summed E-state index contributed by atoms with van der Waals surface area (Å²) >= 11 is 1.60. The maximum atomic E-state index is 13.7. The number of furan rings is 1. The van der Waals surface area contributed by atoms with Gasteiger partial charge in [0.15, 0.2) is 0 Å². The van der Waals surface area contributed by atoms with Crippen LogP contribution in [0.5, 0.6) is 0 Å². The van der Waals surface area contributed by atoms with Crippen LogP contribution >= 0.6 is 11.8 Å². The summed E-state index contributed by atoms with van der Waals surface area (Å²) in [5, 5.41) is 12.1. The van der Waals surface area contributed by atoms with Crippen molar-refractivity contribution < 1.29 is 18.7 Å². The Morgan fingerprint density at radius 2 is 2.14 bits per heavy atom. The van der Waals surface area contributed by atoms with Gasteiger partial charge in [0.25, 0.3) is 0 Å². The number of halogens is 1. The standard InChI is InChI=1S/C16H18FNO3S/c1-22-9-8-14(16(19)20)18-10-11-6-7-15(21-11)12-4-2-3-5-13(12)17/h2-7,14,18H,8-10H2,1H3,(H,19,20). The van der Waals surface area contributed by atoms with Crippen LogP contribution < -0.4 is 5.32 Å². The Labute approximate surface area is 132 Å². The second kappa shape index (κ2) is 8.00. The first kappa shape index (κ1) is 16.6. The Bertz CT molecular complexity index is 629. The summed E-state index contributed by atoms with van der Waals surface area (Å²) in [5.74, 6) is 0.553. The predicted molar refractivity (Wildman–Crippen MR) is 85.4 cm³/mol. The number of carboxylic acids is 1. The lowest BCUT2D eigenvalue weighted by Crippen LogP contribution is -2.36. The lowest BCUT2D eigenvalue weighted by Gasteiger charge is -2.12. The Morgan fingerprint density at radius 1 is 1.36 bits per heavy atom. The minimum Gasteiger partial charge on any atom is -0.480 e. The molecule has 1 atom stereocenters. The molecule has 1 unspecified atom stereocenters. The van der Waals surface area contributed by atoms with Crippen molar-refractivity contribution in [3.63, 3.8) is 0 Å². The van der Waals surface area contributed by atoms with E-state index in [2.05, 4.69) is 5.32 Å². The molecule has 6 heteroatoms. The molecular weight excluding hydrogens is 305 g/mol. The van der Waals surface area contributed by atoms with Crippen LogP contribution in [0.15, 0.2) is 40.8 Å². The maximum Gasteiger partial charge on any atom is 0.320 e. The minimum atomic E-state index is -0.880. The molecule has 0 bridgehead atoms. The monoisotopic (exact) mass is 323 g/mol. The molecule has 22 heavy (non-hydrogen) atoms. The van der Waals surface area contributed by atoms with Gasteiger partial charge in [-0.2, -0.15) is 11.8 Å². The molecule has 0 amide bonds. The van der Waals surface area contributed by atoms with Gasteiger partial charge in [0, 0.05) is 0 Å². The maximum absolute atomic E-state index is 13.7. The molecular formula is C16H18FNO3S. The van der Waals surface area contributed by atoms with Gasteiger partial charge >= 0.3 is 5.97 Å². The van der Waals surface area contributed by atoms with Crippen molar-refractivity contribution in [3.05, 3.63) is 48.0 Å². The summed E-state index contributed by atoms with van der Waals surface area (Å²) in [6.45, 7) is 0.291. The molecule has 0 radical (unpaired) electrons. The number of carbonyl (C=O) groups is 1. The van der Waals surface area contributed by atoms with Gasteiger partial charge < -0.3 is 9.52 Å². The van der Waals surface area contributed by atoms with Crippen molar-refractivity contribution in [1.82, 2.24) is 5.32 Å². The third kappa shape index (κ3) is 4.35. The molecule has 1 aromatic heterocycles. The zero-order valence-electron chi connectivity index (χ0n) is 12.2. The van der Waals surface area contributed by atoms with Gasteiger partial charge in [0.05, 0.1) is 12.1 Å². The van der Waals surface area contributed by atoms with Crippen LogP contribution in [-0.4, -0.2) is 29.1 Å². The second-order valence-corrected chi connectivity index (χ2v) is 5.78. The van der Waals surface area contributed by atoms with Crippen molar-refractivity contribution in [2.75, 3.05) is 12.0 Å². The average molecular weight is 323 g/mol. The molecule has 0 saturated carbocycles. The van der Waals surface area contributed by atoms with Crippen LogP contribution in [0, 0.1) is 5.82 Å². The van der Waals surface area contributed by atoms with Crippen molar-refractivity contribution in [3.8, 4) is 11.3 Å². The number of nitrogens with one attached hydrogen (secondary N) is 1. The zero-order valence-corrected chi connectivity index (χ0v) is 13.0. The first-order chi connectivity index (χ1) is 10.6. The first-order valence-electron chi connectivity index (χ1n) is 6.90. The Balaban J connectivity index is 2.00. The minimum absolute atomic E-state index is 0.291. The molecule has 2 N–H and O–H groups in total. The topological polar surface area (TPSA) is 62.5 Å². The highest BCUT2D eigenvalue weighted by Gasteiger charge is 2.17. The molecule has 1 heterocycles. The van der Waals surface area contributed by atoms with Crippen LogP contribution in [0.25, 0.3) is 11.3 Å². The van der Waals surface area contributed by atoms with Crippen LogP contribution in [-0.2, 0) is 11.3 Å². The molecule has 2 aromatic rings. The zero-order chi connectivity index (χ0) is 15.9. The van der Waals surface area contributed by atoms with Crippen LogP contribution in [0.3, 0.4) is 0 Å². The number of benzene rings is 1. The number of hydrogen-bond donors (Lipinski definition) is 2. The number of aliphatic carboxylic acids is 1. The fraction of sp³-hybridized carbons (Fsp3) is 0.312. The van der Waals surface area contributed by atoms with Gasteiger partial charge in [-0.15, -0.1) is 0 Å². The summed E-state index contributed by atoms with van der Waals surface area (Å²) < 4.78 is 19.3. The van der Waals surface area contributed by atoms with Gasteiger partial charge in [-0.3, -0.25) is 10.1 Å². The molecule has 118 valence electrons. The fourth-order valence-corrected chi connectivity index (χ4v) is 2.52. The van der Waals surface area contributed by atoms with E-state index in [4.69, 9.17) is 9.52 Å². The third-order valence-corrected chi connectivity index (χ3v) is 3.88. The highest BCUT2D eigenvalue weighted by Crippen LogP contribution is 2.24. The summed E-state index contributed by atoms with van der Waals surface area (Å²) in [5.41, 5.74) is 0.394. The molecule has 0 saturated heterocycles. The number of thioether (sulfide) groups is 1. The number of carboxylic acid groups (broad SMARTS) is 1. The van der Waals surface area contributed by atoms with Crippen molar-refractivity contribution >= 4 is 17.7 Å². The molecule has 4 nitrogen and oxygen atoms in total. The Kier molecular flexibility index (Phi) is 6.03. The van der Waals surface area contributed by atoms with E-state index in [9.17, 15) is 9.18 Å². The molecule has 0 fully saturated rings. The van der Waals surface area contributed by atoms with E-state index in [0.29, 0.717) is 30.0 Å². The van der Waals surface area contributed by atoms with E-state index in [1.165, 1.54) is 6.07 Å². The quantitative estimate of drug-likeness (QED) is 0.780. The van der Waals surface area contributed by atoms with Gasteiger partial charge in [0.1, 0.15) is 23.4 Å². The summed E-state index contributed by atoms with van der Waals surface area (Å²) in [4.78, 5) is 11.1. The van der Waals surface area contributed by atoms with Gasteiger partial charge in [0.2, 0.25) is 0 Å². The van der Waals surface area contributed by atoms with Gasteiger partial charge in [-0.25, -0.2) is 4.39 Å². The van der Waals surface area contributed by atoms with Crippen LogP contribution in [0.1, 0.15) is 12.2 Å². The fourth-order valence-electron chi connectivity index (χ4n) is 2.05. The summed E-state index contributed by atoms with van der Waals surface area (Å²) in [7, 11) is 0. The van der Waals surface area contributed by atoms with E-state index >= 15 is 0 Å². The lowest BCUT2D eigenvalue weighted by molar-refractivity contribution is -0.139. The molecule has 0 aliphatic carbocycles. The SMILES string of the molecule is CSCCC(NCc1ccc(-c2ccccc2F)o1)C(=O)O. The van der Waals surface area contributed by atoms with Crippen LogP contribution in [0.4, 0.5) is 4.39 Å². The first-order valence-corrected chi connectivity index (χ1v) is 8.30. The normalized spacial score (nSPS) is 12.3. The highest BCUT2D eigenvalue weighted by molar-refractivity contribution is 7.98. The number of rotatable bonds is 8. The molecule has 2 rings (SSSR count). The molecule has 1 aromatic carbocycles.